The average molecular weight is 635 g/mol. The summed E-state index contributed by atoms with van der Waals surface area (Å²) in [6.07, 6.45) is 3.01. The SMILES string of the molecule is CN(C)CC1(COc2nc(N3CC4(C3)SCc3sc(N)c(C#N)c34)c3c(C#N)cn(Cc4cccnc4N)c3n2)CC1(F)F. The molecule has 2 fully saturated rings. The highest BCUT2D eigenvalue weighted by atomic mass is 32.2. The number of ether oxygens (including phenoxy) is 1. The fourth-order valence-electron chi connectivity index (χ4n) is 6.41. The van der Waals surface area contributed by atoms with E-state index in [2.05, 4.69) is 22.1 Å². The van der Waals surface area contributed by atoms with E-state index in [4.69, 9.17) is 21.2 Å². The molecular formula is C29H28F2N10OS2. The van der Waals surface area contributed by atoms with Crippen LogP contribution >= 0.6 is 23.1 Å². The minimum Gasteiger partial charge on any atom is -0.462 e. The van der Waals surface area contributed by atoms with Crippen LogP contribution in [0, 0.1) is 28.1 Å². The van der Waals surface area contributed by atoms with Crippen LogP contribution in [-0.2, 0) is 17.0 Å². The molecule has 2 aliphatic heterocycles. The van der Waals surface area contributed by atoms with E-state index in [9.17, 15) is 19.3 Å². The third-order valence-corrected chi connectivity index (χ3v) is 11.3. The fraction of sp³-hybridized carbons (Fsp3) is 0.414. The van der Waals surface area contributed by atoms with Crippen LogP contribution in [0.5, 0.6) is 6.01 Å². The third-order valence-electron chi connectivity index (χ3n) is 8.62. The normalized spacial score (nSPS) is 20.8. The van der Waals surface area contributed by atoms with Crippen molar-refractivity contribution in [3.8, 4) is 18.1 Å². The molecule has 1 atom stereocenters. The Morgan fingerprint density at radius 1 is 1.18 bits per heavy atom. The van der Waals surface area contributed by atoms with E-state index < -0.39 is 11.3 Å². The number of pyridine rings is 1. The number of anilines is 3. The zero-order chi connectivity index (χ0) is 31.0. The lowest BCUT2D eigenvalue weighted by molar-refractivity contribution is 0.0288. The standard InChI is InChI=1S/C29H28F2N10OS2/c1-39(2)12-27(11-29(27,30)31)15-42-26-37-24-20(17(6-32)9-40(24)8-16-4-3-5-36-22(16)34)25(38-26)41-13-28(14-41)21-18(7-33)23(35)44-19(21)10-43-28/h3-5,9H,8,10-15,35H2,1-2H3,(H2,34,36). The molecule has 6 heterocycles. The number of nitrogens with zero attached hydrogens (tertiary/aromatic N) is 8. The van der Waals surface area contributed by atoms with Gasteiger partial charge in [-0.2, -0.15) is 20.5 Å². The van der Waals surface area contributed by atoms with Crippen LogP contribution in [-0.4, -0.2) is 70.7 Å². The van der Waals surface area contributed by atoms with E-state index in [0.717, 1.165) is 21.8 Å². The average Bonchev–Trinajstić information content (AvgIpc) is 3.30. The number of hydrogen-bond donors (Lipinski definition) is 2. The number of hydrogen-bond acceptors (Lipinski definition) is 12. The van der Waals surface area contributed by atoms with Gasteiger partial charge in [-0.3, -0.25) is 0 Å². The van der Waals surface area contributed by atoms with Crippen LogP contribution in [0.1, 0.15) is 33.6 Å². The molecule has 0 radical (unpaired) electrons. The Labute approximate surface area is 260 Å². The number of thiophene rings is 1. The van der Waals surface area contributed by atoms with Crippen molar-refractivity contribution in [2.75, 3.05) is 56.7 Å². The van der Waals surface area contributed by atoms with E-state index in [0.29, 0.717) is 51.9 Å². The Morgan fingerprint density at radius 2 is 1.95 bits per heavy atom. The highest BCUT2D eigenvalue weighted by Gasteiger charge is 2.71. The predicted octanol–water partition coefficient (Wildman–Crippen LogP) is 3.77. The molecule has 1 unspecified atom stereocenters. The highest BCUT2D eigenvalue weighted by molar-refractivity contribution is 8.00. The zero-order valence-corrected chi connectivity index (χ0v) is 25.6. The van der Waals surface area contributed by atoms with Crippen molar-refractivity contribution in [1.29, 1.82) is 10.5 Å². The van der Waals surface area contributed by atoms with Gasteiger partial charge in [0, 0.05) is 60.2 Å². The molecule has 44 heavy (non-hydrogen) atoms. The smallest absolute Gasteiger partial charge is 0.320 e. The summed E-state index contributed by atoms with van der Waals surface area (Å²) in [7, 11) is 3.50. The minimum atomic E-state index is -2.85. The number of nitrogens with two attached hydrogens (primary N) is 2. The molecule has 15 heteroatoms. The number of thioether (sulfide) groups is 1. The molecule has 4 N–H and O–H groups in total. The van der Waals surface area contributed by atoms with Gasteiger partial charge in [0.1, 0.15) is 35.4 Å². The van der Waals surface area contributed by atoms with E-state index in [-0.39, 0.29) is 36.9 Å². The summed E-state index contributed by atoms with van der Waals surface area (Å²) < 4.78 is 36.5. The van der Waals surface area contributed by atoms with Crippen molar-refractivity contribution in [3.05, 3.63) is 51.7 Å². The largest absolute Gasteiger partial charge is 0.462 e. The first-order chi connectivity index (χ1) is 21.0. The van der Waals surface area contributed by atoms with Gasteiger partial charge in [0.15, 0.2) is 5.65 Å². The molecule has 11 nitrogen and oxygen atoms in total. The summed E-state index contributed by atoms with van der Waals surface area (Å²) in [6.45, 7) is 1.22. The molecule has 1 saturated carbocycles. The third kappa shape index (κ3) is 4.33. The van der Waals surface area contributed by atoms with Crippen LogP contribution in [0.25, 0.3) is 11.0 Å². The zero-order valence-electron chi connectivity index (χ0n) is 24.0. The lowest BCUT2D eigenvalue weighted by Crippen LogP contribution is -2.57. The molecule has 7 rings (SSSR count). The van der Waals surface area contributed by atoms with Gasteiger partial charge >= 0.3 is 6.01 Å². The highest BCUT2D eigenvalue weighted by Crippen LogP contribution is 2.61. The second kappa shape index (κ2) is 9.92. The number of nitrogen functional groups attached to an aromatic ring is 2. The summed E-state index contributed by atoms with van der Waals surface area (Å²) in [5.74, 6) is -1.26. The van der Waals surface area contributed by atoms with Crippen LogP contribution in [0.15, 0.2) is 24.5 Å². The number of fused-ring (bicyclic) bond motifs is 3. The molecule has 1 saturated heterocycles. The molecule has 0 aromatic carbocycles. The number of alkyl halides is 2. The molecule has 226 valence electrons. The summed E-state index contributed by atoms with van der Waals surface area (Å²) >= 11 is 3.22. The first kappa shape index (κ1) is 28.6. The summed E-state index contributed by atoms with van der Waals surface area (Å²) in [6, 6.07) is 8.12. The van der Waals surface area contributed by atoms with Gasteiger partial charge in [0.05, 0.1) is 33.2 Å². The second-order valence-corrected chi connectivity index (χ2v) is 14.4. The number of aromatic nitrogens is 4. The lowest BCUT2D eigenvalue weighted by atomic mass is 9.88. The van der Waals surface area contributed by atoms with Gasteiger partial charge in [-0.05, 0) is 20.2 Å². The molecular weight excluding hydrogens is 607 g/mol. The fourth-order valence-corrected chi connectivity index (χ4v) is 9.22. The summed E-state index contributed by atoms with van der Waals surface area (Å²) in [5.41, 5.74) is 14.0. The van der Waals surface area contributed by atoms with E-state index >= 15 is 0 Å². The minimum absolute atomic E-state index is 0.0467. The number of rotatable bonds is 8. The van der Waals surface area contributed by atoms with Crippen molar-refractivity contribution in [3.63, 3.8) is 0 Å². The van der Waals surface area contributed by atoms with Gasteiger partial charge in [0.25, 0.3) is 5.92 Å². The van der Waals surface area contributed by atoms with Crippen molar-refractivity contribution >= 4 is 50.8 Å². The number of halogens is 2. The van der Waals surface area contributed by atoms with E-state index in [1.54, 1.807) is 53.8 Å². The van der Waals surface area contributed by atoms with E-state index in [1.165, 1.54) is 11.3 Å². The van der Waals surface area contributed by atoms with Gasteiger partial charge < -0.3 is 30.6 Å². The van der Waals surface area contributed by atoms with Crippen LogP contribution < -0.4 is 21.1 Å². The topological polar surface area (TPSA) is 159 Å². The quantitative estimate of drug-likeness (QED) is 0.291. The number of nitriles is 2. The maximum absolute atomic E-state index is 14.5. The second-order valence-electron chi connectivity index (χ2n) is 11.9. The Bertz CT molecular complexity index is 1900. The Morgan fingerprint density at radius 3 is 2.61 bits per heavy atom. The molecule has 0 amide bonds. The monoisotopic (exact) mass is 634 g/mol. The first-order valence-electron chi connectivity index (χ1n) is 13.9. The van der Waals surface area contributed by atoms with Crippen molar-refractivity contribution < 1.29 is 13.5 Å². The molecule has 1 spiro atoms. The molecule has 4 aromatic heterocycles. The summed E-state index contributed by atoms with van der Waals surface area (Å²) in [5, 5.41) is 21.0. The maximum atomic E-state index is 14.5. The van der Waals surface area contributed by atoms with Crippen molar-refractivity contribution in [1.82, 2.24) is 24.4 Å². The Balaban J connectivity index is 1.29. The van der Waals surface area contributed by atoms with E-state index in [1.807, 2.05) is 11.0 Å². The maximum Gasteiger partial charge on any atom is 0.320 e. The Hall–Kier alpha value is -4.18. The molecule has 0 bridgehead atoms. The summed E-state index contributed by atoms with van der Waals surface area (Å²) in [4.78, 5) is 18.4. The van der Waals surface area contributed by atoms with Gasteiger partial charge in [0.2, 0.25) is 0 Å². The van der Waals surface area contributed by atoms with Crippen LogP contribution in [0.3, 0.4) is 0 Å². The van der Waals surface area contributed by atoms with Gasteiger partial charge in [-0.15, -0.1) is 23.1 Å². The van der Waals surface area contributed by atoms with Gasteiger partial charge in [-0.1, -0.05) is 6.07 Å². The van der Waals surface area contributed by atoms with Crippen molar-refractivity contribution in [2.45, 2.75) is 29.4 Å². The lowest BCUT2D eigenvalue weighted by Gasteiger charge is -2.48. The van der Waals surface area contributed by atoms with Crippen LogP contribution in [0.2, 0.25) is 0 Å². The molecule has 3 aliphatic rings. The predicted molar refractivity (Wildman–Crippen MR) is 165 cm³/mol. The van der Waals surface area contributed by atoms with Gasteiger partial charge in [-0.25, -0.2) is 13.8 Å². The first-order valence-corrected chi connectivity index (χ1v) is 15.7. The van der Waals surface area contributed by atoms with Crippen molar-refractivity contribution in [2.24, 2.45) is 5.41 Å². The molecule has 1 aliphatic carbocycles. The molecule has 4 aromatic rings. The Kier molecular flexibility index (Phi) is 6.44. The van der Waals surface area contributed by atoms with Crippen LogP contribution in [0.4, 0.5) is 25.4 Å².